The third-order valence-corrected chi connectivity index (χ3v) is 4.45. The first kappa shape index (κ1) is 13.5. The fraction of sp³-hybridized carbons (Fsp3) is 0.692. The molecule has 1 aromatic rings. The monoisotopic (exact) mass is 267 g/mol. The van der Waals surface area contributed by atoms with E-state index in [4.69, 9.17) is 5.73 Å². The molecule has 1 saturated carbocycles. The van der Waals surface area contributed by atoms with Gasteiger partial charge in [-0.05, 0) is 38.5 Å². The van der Waals surface area contributed by atoms with Crippen LogP contribution >= 0.6 is 11.3 Å². The predicted octanol–water partition coefficient (Wildman–Crippen LogP) is 1.87. The molecule has 0 bridgehead atoms. The van der Waals surface area contributed by atoms with Crippen molar-refractivity contribution in [2.24, 2.45) is 11.7 Å². The molecule has 1 aliphatic carbocycles. The van der Waals surface area contributed by atoms with Crippen LogP contribution in [0.2, 0.25) is 0 Å². The highest BCUT2D eigenvalue weighted by Gasteiger charge is 2.28. The molecule has 0 radical (unpaired) electrons. The standard InChI is InChI=1S/C13H21N3OS/c1-3-4-11-16-8(2)12(18-11)13(17)15-7-10(14)9-5-6-9/h9-10H,3-7,14H2,1-2H3,(H,15,17). The van der Waals surface area contributed by atoms with Crippen molar-refractivity contribution in [2.75, 3.05) is 6.54 Å². The number of hydrogen-bond donors (Lipinski definition) is 2. The van der Waals surface area contributed by atoms with Gasteiger partial charge in [-0.15, -0.1) is 11.3 Å². The SMILES string of the molecule is CCCc1nc(C)c(C(=O)NCC(N)C2CC2)s1. The van der Waals surface area contributed by atoms with E-state index in [2.05, 4.69) is 17.2 Å². The number of nitrogens with two attached hydrogens (primary N) is 1. The van der Waals surface area contributed by atoms with Gasteiger partial charge in [-0.25, -0.2) is 4.98 Å². The summed E-state index contributed by atoms with van der Waals surface area (Å²) < 4.78 is 0. The van der Waals surface area contributed by atoms with Crippen LogP contribution in [0.15, 0.2) is 0 Å². The number of nitrogens with zero attached hydrogens (tertiary/aromatic N) is 1. The van der Waals surface area contributed by atoms with Crippen LogP contribution in [-0.2, 0) is 6.42 Å². The molecule has 1 aliphatic rings. The largest absolute Gasteiger partial charge is 0.350 e. The molecule has 0 aliphatic heterocycles. The molecule has 5 heteroatoms. The van der Waals surface area contributed by atoms with Crippen molar-refractivity contribution in [1.82, 2.24) is 10.3 Å². The lowest BCUT2D eigenvalue weighted by Crippen LogP contribution is -2.38. The van der Waals surface area contributed by atoms with Gasteiger partial charge in [0.1, 0.15) is 4.88 Å². The van der Waals surface area contributed by atoms with E-state index in [1.165, 1.54) is 24.2 Å². The summed E-state index contributed by atoms with van der Waals surface area (Å²) >= 11 is 1.50. The van der Waals surface area contributed by atoms with E-state index in [9.17, 15) is 4.79 Å². The third kappa shape index (κ3) is 3.29. The van der Waals surface area contributed by atoms with Gasteiger partial charge in [0.05, 0.1) is 10.7 Å². The van der Waals surface area contributed by atoms with Crippen LogP contribution < -0.4 is 11.1 Å². The highest BCUT2D eigenvalue weighted by molar-refractivity contribution is 7.13. The first-order valence-corrected chi connectivity index (χ1v) is 7.43. The number of nitrogens with one attached hydrogen (secondary N) is 1. The fourth-order valence-electron chi connectivity index (χ4n) is 1.97. The molecule has 1 amide bonds. The first-order valence-electron chi connectivity index (χ1n) is 6.62. The van der Waals surface area contributed by atoms with Crippen molar-refractivity contribution in [2.45, 2.75) is 45.6 Å². The van der Waals surface area contributed by atoms with Crippen LogP contribution in [0.3, 0.4) is 0 Å². The van der Waals surface area contributed by atoms with Crippen molar-refractivity contribution in [3.05, 3.63) is 15.6 Å². The molecule has 1 fully saturated rings. The van der Waals surface area contributed by atoms with Gasteiger partial charge in [-0.2, -0.15) is 0 Å². The van der Waals surface area contributed by atoms with Crippen molar-refractivity contribution >= 4 is 17.2 Å². The Morgan fingerprint density at radius 2 is 2.33 bits per heavy atom. The van der Waals surface area contributed by atoms with Gasteiger partial charge in [0, 0.05) is 12.6 Å². The van der Waals surface area contributed by atoms with Crippen LogP contribution in [0.4, 0.5) is 0 Å². The molecule has 0 saturated heterocycles. The molecule has 1 heterocycles. The van der Waals surface area contributed by atoms with E-state index in [0.29, 0.717) is 12.5 Å². The quantitative estimate of drug-likeness (QED) is 0.827. The topological polar surface area (TPSA) is 68.0 Å². The normalized spacial score (nSPS) is 16.6. The maximum Gasteiger partial charge on any atom is 0.263 e. The van der Waals surface area contributed by atoms with Crippen LogP contribution in [0.5, 0.6) is 0 Å². The minimum Gasteiger partial charge on any atom is -0.350 e. The second-order valence-corrected chi connectivity index (χ2v) is 6.07. The van der Waals surface area contributed by atoms with Gasteiger partial charge in [-0.3, -0.25) is 4.79 Å². The Labute approximate surface area is 112 Å². The smallest absolute Gasteiger partial charge is 0.263 e. The van der Waals surface area contributed by atoms with Gasteiger partial charge < -0.3 is 11.1 Å². The molecule has 2 rings (SSSR count). The number of thiazole rings is 1. The zero-order valence-electron chi connectivity index (χ0n) is 11.0. The summed E-state index contributed by atoms with van der Waals surface area (Å²) in [6.45, 7) is 4.58. The third-order valence-electron chi connectivity index (χ3n) is 3.24. The Balaban J connectivity index is 1.90. The minimum atomic E-state index is -0.0246. The molecule has 1 unspecified atom stereocenters. The maximum atomic E-state index is 12.0. The van der Waals surface area contributed by atoms with Gasteiger partial charge >= 0.3 is 0 Å². The van der Waals surface area contributed by atoms with E-state index in [1.54, 1.807) is 0 Å². The summed E-state index contributed by atoms with van der Waals surface area (Å²) in [4.78, 5) is 17.2. The summed E-state index contributed by atoms with van der Waals surface area (Å²) in [6.07, 6.45) is 4.41. The van der Waals surface area contributed by atoms with Crippen molar-refractivity contribution in [1.29, 1.82) is 0 Å². The van der Waals surface area contributed by atoms with Crippen molar-refractivity contribution in [3.63, 3.8) is 0 Å². The number of carbonyl (C=O) groups is 1. The summed E-state index contributed by atoms with van der Waals surface area (Å²) in [7, 11) is 0. The molecule has 3 N–H and O–H groups in total. The molecule has 0 aromatic carbocycles. The average molecular weight is 267 g/mol. The van der Waals surface area contributed by atoms with Gasteiger partial charge in [0.15, 0.2) is 0 Å². The van der Waals surface area contributed by atoms with Crippen LogP contribution in [-0.4, -0.2) is 23.5 Å². The molecule has 18 heavy (non-hydrogen) atoms. The minimum absolute atomic E-state index is 0.0246. The van der Waals surface area contributed by atoms with E-state index in [-0.39, 0.29) is 11.9 Å². The molecular formula is C13H21N3OS. The molecule has 1 atom stereocenters. The lowest BCUT2D eigenvalue weighted by Gasteiger charge is -2.10. The van der Waals surface area contributed by atoms with Gasteiger partial charge in [0.2, 0.25) is 0 Å². The lowest BCUT2D eigenvalue weighted by molar-refractivity contribution is 0.0953. The number of amides is 1. The number of aromatic nitrogens is 1. The second kappa shape index (κ2) is 5.80. The number of rotatable bonds is 6. The molecule has 100 valence electrons. The number of carbonyl (C=O) groups excluding carboxylic acids is 1. The maximum absolute atomic E-state index is 12.0. The average Bonchev–Trinajstić information content (AvgIpc) is 3.11. The molecule has 0 spiro atoms. The predicted molar refractivity (Wildman–Crippen MR) is 73.9 cm³/mol. The summed E-state index contributed by atoms with van der Waals surface area (Å²) in [6, 6.07) is 0.109. The lowest BCUT2D eigenvalue weighted by atomic mass is 10.2. The van der Waals surface area contributed by atoms with Crippen molar-refractivity contribution < 1.29 is 4.79 Å². The summed E-state index contributed by atoms with van der Waals surface area (Å²) in [5.74, 6) is 0.590. The van der Waals surface area contributed by atoms with Crippen LogP contribution in [0.25, 0.3) is 0 Å². The Bertz CT molecular complexity index is 426. The van der Waals surface area contributed by atoms with Crippen LogP contribution in [0.1, 0.15) is 46.6 Å². The van der Waals surface area contributed by atoms with Crippen molar-refractivity contribution in [3.8, 4) is 0 Å². The number of aryl methyl sites for hydroxylation is 2. The van der Waals surface area contributed by atoms with E-state index >= 15 is 0 Å². The Morgan fingerprint density at radius 1 is 1.61 bits per heavy atom. The van der Waals surface area contributed by atoms with Gasteiger partial charge in [-0.1, -0.05) is 6.92 Å². The first-order chi connectivity index (χ1) is 8.61. The van der Waals surface area contributed by atoms with E-state index < -0.39 is 0 Å². The second-order valence-electron chi connectivity index (χ2n) is 4.98. The molecule has 4 nitrogen and oxygen atoms in total. The summed E-state index contributed by atoms with van der Waals surface area (Å²) in [5.41, 5.74) is 6.80. The molecule has 1 aromatic heterocycles. The highest BCUT2D eigenvalue weighted by Crippen LogP contribution is 2.31. The zero-order valence-corrected chi connectivity index (χ0v) is 11.8. The zero-order chi connectivity index (χ0) is 13.1. The van der Waals surface area contributed by atoms with E-state index in [1.807, 2.05) is 6.92 Å². The van der Waals surface area contributed by atoms with Gasteiger partial charge in [0.25, 0.3) is 5.91 Å². The fourth-order valence-corrected chi connectivity index (χ4v) is 3.05. The molecular weight excluding hydrogens is 246 g/mol. The van der Waals surface area contributed by atoms with Crippen LogP contribution in [0, 0.1) is 12.8 Å². The Morgan fingerprint density at radius 3 is 2.94 bits per heavy atom. The Kier molecular flexibility index (Phi) is 4.35. The highest BCUT2D eigenvalue weighted by atomic mass is 32.1. The number of hydrogen-bond acceptors (Lipinski definition) is 4. The Hall–Kier alpha value is -0.940. The summed E-state index contributed by atoms with van der Waals surface area (Å²) in [5, 5.41) is 3.97. The van der Waals surface area contributed by atoms with E-state index in [0.717, 1.165) is 28.4 Å².